The maximum Gasteiger partial charge on any atom is 0.282 e. The summed E-state index contributed by atoms with van der Waals surface area (Å²) in [4.78, 5) is 13.7. The third-order valence-corrected chi connectivity index (χ3v) is 3.87. The van der Waals surface area contributed by atoms with Crippen LogP contribution < -0.4 is 0 Å². The van der Waals surface area contributed by atoms with Crippen LogP contribution >= 0.6 is 56.5 Å². The standard InChI is InChI=1S/C10H16Cl3NOS.H3P/c1-6(2)14(7(3)4)10(15)16-5-8(11)9(12)13;/h6-7H,5H2,1-4H3;1H3. The zero-order chi connectivity index (χ0) is 12.9. The molecule has 1 unspecified atom stereocenters. The molecule has 0 bridgehead atoms. The second kappa shape index (κ2) is 9.75. The fourth-order valence-corrected chi connectivity index (χ4v) is 2.69. The highest BCUT2D eigenvalue weighted by Crippen LogP contribution is 2.24. The van der Waals surface area contributed by atoms with Gasteiger partial charge in [0.25, 0.3) is 5.24 Å². The topological polar surface area (TPSA) is 20.3 Å². The van der Waals surface area contributed by atoms with Crippen molar-refractivity contribution < 1.29 is 4.79 Å². The lowest BCUT2D eigenvalue weighted by Gasteiger charge is -2.30. The summed E-state index contributed by atoms with van der Waals surface area (Å²) in [5.41, 5.74) is 0. The van der Waals surface area contributed by atoms with Crippen molar-refractivity contribution in [2.24, 2.45) is 0 Å². The van der Waals surface area contributed by atoms with E-state index in [1.165, 1.54) is 0 Å². The molecule has 0 spiro atoms. The van der Waals surface area contributed by atoms with Crippen LogP contribution in [0.5, 0.6) is 0 Å². The van der Waals surface area contributed by atoms with E-state index in [4.69, 9.17) is 34.8 Å². The summed E-state index contributed by atoms with van der Waals surface area (Å²) < 4.78 is 0.0163. The number of amides is 1. The molecule has 0 aromatic carbocycles. The highest BCUT2D eigenvalue weighted by atomic mass is 35.5. The van der Waals surface area contributed by atoms with Gasteiger partial charge in [0.15, 0.2) is 0 Å². The molecule has 0 aromatic heterocycles. The lowest BCUT2D eigenvalue weighted by molar-refractivity contribution is 0.190. The Kier molecular flexibility index (Phi) is 11.6. The van der Waals surface area contributed by atoms with Crippen molar-refractivity contribution >= 4 is 61.7 Å². The average molecular weight is 339 g/mol. The second-order valence-corrected chi connectivity index (χ2v) is 6.15. The molecule has 0 fully saturated rings. The van der Waals surface area contributed by atoms with E-state index < -0.39 is 0 Å². The molecule has 0 saturated heterocycles. The Balaban J connectivity index is 0. The van der Waals surface area contributed by atoms with Crippen molar-refractivity contribution in [3.8, 4) is 0 Å². The normalized spacial score (nSPS) is 10.2. The summed E-state index contributed by atoms with van der Waals surface area (Å²) in [6, 6.07) is 0.323. The fourth-order valence-electron chi connectivity index (χ4n) is 1.27. The Bertz CT molecular complexity index is 273. The van der Waals surface area contributed by atoms with Gasteiger partial charge in [-0.15, -0.1) is 0 Å². The monoisotopic (exact) mass is 337 g/mol. The smallest absolute Gasteiger partial charge is 0.282 e. The highest BCUT2D eigenvalue weighted by molar-refractivity contribution is 8.13. The van der Waals surface area contributed by atoms with E-state index in [1.54, 1.807) is 4.90 Å². The lowest BCUT2D eigenvalue weighted by atomic mass is 10.2. The van der Waals surface area contributed by atoms with Gasteiger partial charge in [-0.05, 0) is 27.7 Å². The third kappa shape index (κ3) is 7.79. The molecule has 2 nitrogen and oxygen atoms in total. The van der Waals surface area contributed by atoms with Crippen LogP contribution in [-0.4, -0.2) is 28.0 Å². The van der Waals surface area contributed by atoms with Gasteiger partial charge in [0.05, 0.1) is 5.03 Å². The molecule has 17 heavy (non-hydrogen) atoms. The number of halogens is 3. The van der Waals surface area contributed by atoms with Crippen LogP contribution in [-0.2, 0) is 0 Å². The van der Waals surface area contributed by atoms with E-state index in [2.05, 4.69) is 0 Å². The van der Waals surface area contributed by atoms with Gasteiger partial charge < -0.3 is 4.90 Å². The molecule has 1 amide bonds. The SMILES string of the molecule is CC(C)N(C(=O)SCC(Cl)=C(Cl)Cl)C(C)C.P. The summed E-state index contributed by atoms with van der Waals surface area (Å²) in [6.07, 6.45) is 0. The first kappa shape index (κ1) is 20.2. The molecule has 0 aromatic rings. The number of hydrogen-bond donors (Lipinski definition) is 0. The van der Waals surface area contributed by atoms with Gasteiger partial charge in [-0.3, -0.25) is 4.79 Å². The molecule has 0 rings (SSSR count). The Hall–Kier alpha value is 0.860. The van der Waals surface area contributed by atoms with Crippen molar-refractivity contribution in [1.82, 2.24) is 4.90 Å². The van der Waals surface area contributed by atoms with E-state index in [0.717, 1.165) is 11.8 Å². The van der Waals surface area contributed by atoms with Crippen molar-refractivity contribution in [2.45, 2.75) is 39.8 Å². The summed E-state index contributed by atoms with van der Waals surface area (Å²) >= 11 is 17.8. The number of rotatable bonds is 4. The first-order chi connectivity index (χ1) is 7.27. The lowest BCUT2D eigenvalue weighted by Crippen LogP contribution is -2.39. The number of thioether (sulfide) groups is 1. The minimum absolute atomic E-state index is 0. The molecule has 1 atom stereocenters. The average Bonchev–Trinajstić information content (AvgIpc) is 2.12. The van der Waals surface area contributed by atoms with Crippen molar-refractivity contribution in [1.29, 1.82) is 0 Å². The molecule has 0 N–H and O–H groups in total. The molecule has 0 heterocycles. The molecule has 102 valence electrons. The molecule has 0 aliphatic carbocycles. The van der Waals surface area contributed by atoms with Crippen LogP contribution in [0.25, 0.3) is 0 Å². The number of carbonyl (C=O) groups excluding carboxylic acids is 1. The van der Waals surface area contributed by atoms with E-state index in [0.29, 0.717) is 10.8 Å². The zero-order valence-electron chi connectivity index (χ0n) is 10.5. The van der Waals surface area contributed by atoms with Crippen LogP contribution in [0, 0.1) is 0 Å². The highest BCUT2D eigenvalue weighted by Gasteiger charge is 2.20. The van der Waals surface area contributed by atoms with Gasteiger partial charge in [0, 0.05) is 17.8 Å². The second-order valence-electron chi connectivity index (χ2n) is 3.81. The Morgan fingerprint density at radius 1 is 1.12 bits per heavy atom. The minimum Gasteiger partial charge on any atom is -0.329 e. The molecule has 0 aliphatic rings. The maximum atomic E-state index is 11.9. The quantitative estimate of drug-likeness (QED) is 0.679. The third-order valence-electron chi connectivity index (χ3n) is 1.85. The number of hydrogen-bond acceptors (Lipinski definition) is 2. The van der Waals surface area contributed by atoms with Crippen molar-refractivity contribution in [3.63, 3.8) is 0 Å². The molecule has 0 aliphatic heterocycles. The number of carbonyl (C=O) groups is 1. The Morgan fingerprint density at radius 2 is 1.53 bits per heavy atom. The minimum atomic E-state index is -0.0160. The number of nitrogens with zero attached hydrogens (tertiary/aromatic N) is 1. The van der Waals surface area contributed by atoms with Crippen LogP contribution in [0.3, 0.4) is 0 Å². The van der Waals surface area contributed by atoms with Gasteiger partial charge in [-0.1, -0.05) is 46.6 Å². The summed E-state index contributed by atoms with van der Waals surface area (Å²) in [5.74, 6) is 0.304. The first-order valence-electron chi connectivity index (χ1n) is 4.92. The van der Waals surface area contributed by atoms with Crippen molar-refractivity contribution in [3.05, 3.63) is 9.52 Å². The molecular formula is C10H19Cl3NOPS. The zero-order valence-corrected chi connectivity index (χ0v) is 15.0. The Labute approximate surface area is 126 Å². The van der Waals surface area contributed by atoms with Gasteiger partial charge in [-0.2, -0.15) is 9.90 Å². The van der Waals surface area contributed by atoms with Crippen LogP contribution in [0.1, 0.15) is 27.7 Å². The first-order valence-corrected chi connectivity index (χ1v) is 7.04. The summed E-state index contributed by atoms with van der Waals surface area (Å²) in [7, 11) is 0. The van der Waals surface area contributed by atoms with E-state index in [-0.39, 0.29) is 31.7 Å². The molecule has 0 radical (unpaired) electrons. The fraction of sp³-hybridized carbons (Fsp3) is 0.700. The maximum absolute atomic E-state index is 11.9. The van der Waals surface area contributed by atoms with Crippen molar-refractivity contribution in [2.75, 3.05) is 5.75 Å². The van der Waals surface area contributed by atoms with Gasteiger partial charge in [-0.25, -0.2) is 0 Å². The van der Waals surface area contributed by atoms with Gasteiger partial charge in [0.1, 0.15) is 4.49 Å². The largest absolute Gasteiger partial charge is 0.329 e. The van der Waals surface area contributed by atoms with E-state index in [1.807, 2.05) is 27.7 Å². The van der Waals surface area contributed by atoms with Gasteiger partial charge in [0.2, 0.25) is 0 Å². The van der Waals surface area contributed by atoms with E-state index >= 15 is 0 Å². The predicted octanol–water partition coefficient (Wildman–Crippen LogP) is 4.90. The van der Waals surface area contributed by atoms with Crippen LogP contribution in [0.4, 0.5) is 4.79 Å². The molecule has 0 saturated carbocycles. The molecular weight excluding hydrogens is 320 g/mol. The van der Waals surface area contributed by atoms with Gasteiger partial charge >= 0.3 is 0 Å². The molecule has 7 heteroatoms. The Morgan fingerprint density at radius 3 is 1.82 bits per heavy atom. The van der Waals surface area contributed by atoms with Crippen LogP contribution in [0.15, 0.2) is 9.52 Å². The van der Waals surface area contributed by atoms with E-state index in [9.17, 15) is 4.79 Å². The van der Waals surface area contributed by atoms with Crippen LogP contribution in [0.2, 0.25) is 0 Å². The summed E-state index contributed by atoms with van der Waals surface area (Å²) in [6.45, 7) is 7.91. The summed E-state index contributed by atoms with van der Waals surface area (Å²) in [5, 5.41) is 0.284. The predicted molar refractivity (Wildman–Crippen MR) is 85.7 cm³/mol.